The van der Waals surface area contributed by atoms with Gasteiger partial charge in [-0.3, -0.25) is 9.48 Å². The van der Waals surface area contributed by atoms with Crippen LogP contribution in [0.25, 0.3) is 0 Å². The number of amides is 1. The van der Waals surface area contributed by atoms with Gasteiger partial charge in [-0.05, 0) is 19.8 Å². The summed E-state index contributed by atoms with van der Waals surface area (Å²) in [4.78, 5) is 14.6. The summed E-state index contributed by atoms with van der Waals surface area (Å²) in [6, 6.07) is 0.362. The highest BCUT2D eigenvalue weighted by atomic mass is 16.2. The van der Waals surface area contributed by atoms with E-state index in [1.54, 1.807) is 0 Å². The van der Waals surface area contributed by atoms with Gasteiger partial charge in [0.15, 0.2) is 0 Å². The van der Waals surface area contributed by atoms with Gasteiger partial charge in [-0.2, -0.15) is 5.10 Å². The van der Waals surface area contributed by atoms with Gasteiger partial charge in [0.1, 0.15) is 0 Å². The molecule has 0 bridgehead atoms. The van der Waals surface area contributed by atoms with Crippen molar-refractivity contribution in [2.75, 3.05) is 19.6 Å². The number of carbonyl (C=O) groups excluding carboxylic acids is 1. The number of rotatable bonds is 3. The number of aromatic nitrogens is 2. The smallest absolute Gasteiger partial charge is 0.257 e. The number of carbonyl (C=O) groups is 1. The fourth-order valence-electron chi connectivity index (χ4n) is 2.48. The summed E-state index contributed by atoms with van der Waals surface area (Å²) < 4.78 is 1.86. The molecule has 5 heteroatoms. The molecule has 2 rings (SSSR count). The van der Waals surface area contributed by atoms with Crippen LogP contribution in [0.4, 0.5) is 0 Å². The largest absolute Gasteiger partial charge is 0.336 e. The molecule has 1 fully saturated rings. The molecule has 0 spiro atoms. The van der Waals surface area contributed by atoms with E-state index in [0.717, 1.165) is 37.4 Å². The monoisotopic (exact) mass is 264 g/mol. The molecule has 106 valence electrons. The van der Waals surface area contributed by atoms with E-state index in [1.165, 1.54) is 0 Å². The summed E-state index contributed by atoms with van der Waals surface area (Å²) in [6.45, 7) is 11.5. The lowest BCUT2D eigenvalue weighted by Crippen LogP contribution is -2.51. The Morgan fingerprint density at radius 3 is 2.89 bits per heavy atom. The zero-order valence-electron chi connectivity index (χ0n) is 12.3. The number of piperazine rings is 1. The van der Waals surface area contributed by atoms with Crippen molar-refractivity contribution in [2.24, 2.45) is 0 Å². The van der Waals surface area contributed by atoms with Gasteiger partial charge in [0.25, 0.3) is 5.91 Å². The lowest BCUT2D eigenvalue weighted by molar-refractivity contribution is 0.0707. The number of nitrogens with one attached hydrogen (secondary N) is 1. The van der Waals surface area contributed by atoms with Gasteiger partial charge in [0, 0.05) is 38.4 Å². The highest BCUT2D eigenvalue weighted by molar-refractivity contribution is 5.95. The maximum absolute atomic E-state index is 12.6. The minimum absolute atomic E-state index is 0.122. The lowest BCUT2D eigenvalue weighted by Gasteiger charge is -2.31. The van der Waals surface area contributed by atoms with Crippen LogP contribution in [0.5, 0.6) is 0 Å². The summed E-state index contributed by atoms with van der Waals surface area (Å²) >= 11 is 0. The molecule has 1 saturated heterocycles. The van der Waals surface area contributed by atoms with Crippen molar-refractivity contribution in [3.05, 3.63) is 17.5 Å². The Morgan fingerprint density at radius 1 is 1.58 bits per heavy atom. The molecule has 1 N–H and O–H groups in total. The van der Waals surface area contributed by atoms with Crippen LogP contribution >= 0.6 is 0 Å². The van der Waals surface area contributed by atoms with Crippen LogP contribution in [0.2, 0.25) is 0 Å². The van der Waals surface area contributed by atoms with Gasteiger partial charge >= 0.3 is 0 Å². The van der Waals surface area contributed by atoms with Gasteiger partial charge in [0.2, 0.25) is 0 Å². The first kappa shape index (κ1) is 14.1. The Balaban J connectivity index is 2.24. The first-order valence-electron chi connectivity index (χ1n) is 7.13. The van der Waals surface area contributed by atoms with E-state index >= 15 is 0 Å². The maximum Gasteiger partial charge on any atom is 0.257 e. The van der Waals surface area contributed by atoms with Gasteiger partial charge in [-0.1, -0.05) is 13.8 Å². The van der Waals surface area contributed by atoms with E-state index in [0.29, 0.717) is 6.04 Å². The Bertz CT molecular complexity index is 452. The van der Waals surface area contributed by atoms with Crippen LogP contribution in [-0.4, -0.2) is 46.3 Å². The predicted molar refractivity (Wildman–Crippen MR) is 75.4 cm³/mol. The van der Waals surface area contributed by atoms with Crippen LogP contribution in [0.3, 0.4) is 0 Å². The first-order chi connectivity index (χ1) is 9.02. The van der Waals surface area contributed by atoms with Crippen molar-refractivity contribution >= 4 is 5.91 Å². The second-order valence-corrected chi connectivity index (χ2v) is 5.54. The molecule has 0 saturated carbocycles. The molecule has 0 aliphatic carbocycles. The molecule has 2 heterocycles. The van der Waals surface area contributed by atoms with Crippen molar-refractivity contribution < 1.29 is 4.79 Å². The van der Waals surface area contributed by atoms with E-state index in [9.17, 15) is 4.79 Å². The number of nitrogens with zero attached hydrogens (tertiary/aromatic N) is 3. The van der Waals surface area contributed by atoms with E-state index in [4.69, 9.17) is 0 Å². The average molecular weight is 264 g/mol. The normalized spacial score (nSPS) is 20.1. The highest BCUT2D eigenvalue weighted by Gasteiger charge is 2.26. The number of aryl methyl sites for hydroxylation is 1. The average Bonchev–Trinajstić information content (AvgIpc) is 2.82. The predicted octanol–water partition coefficient (Wildman–Crippen LogP) is 1.46. The third-order valence-corrected chi connectivity index (χ3v) is 3.55. The van der Waals surface area contributed by atoms with Crippen molar-refractivity contribution in [1.82, 2.24) is 20.0 Å². The highest BCUT2D eigenvalue weighted by Crippen LogP contribution is 2.20. The first-order valence-corrected chi connectivity index (χ1v) is 7.13. The topological polar surface area (TPSA) is 50.2 Å². The second kappa shape index (κ2) is 5.74. The Kier molecular flexibility index (Phi) is 4.24. The molecular weight excluding hydrogens is 240 g/mol. The van der Waals surface area contributed by atoms with Gasteiger partial charge in [-0.25, -0.2) is 0 Å². The molecule has 0 unspecified atom stereocenters. The minimum Gasteiger partial charge on any atom is -0.336 e. The zero-order chi connectivity index (χ0) is 14.0. The standard InChI is InChI=1S/C14H24N4O/c1-5-18-9-12(13(16-18)10(2)3)14(19)17-7-6-15-11(4)8-17/h9-11,15H,5-8H2,1-4H3/t11-/m0/s1. The second-order valence-electron chi connectivity index (χ2n) is 5.54. The molecule has 1 aromatic rings. The summed E-state index contributed by atoms with van der Waals surface area (Å²) in [6.07, 6.45) is 1.89. The Hall–Kier alpha value is -1.36. The molecular formula is C14H24N4O. The summed E-state index contributed by atoms with van der Waals surface area (Å²) in [7, 11) is 0. The van der Waals surface area contributed by atoms with Gasteiger partial charge in [-0.15, -0.1) is 0 Å². The SMILES string of the molecule is CCn1cc(C(=O)N2CCN[C@@H](C)C2)c(C(C)C)n1. The maximum atomic E-state index is 12.6. The molecule has 1 amide bonds. The fraction of sp³-hybridized carbons (Fsp3) is 0.714. The van der Waals surface area contributed by atoms with E-state index < -0.39 is 0 Å². The van der Waals surface area contributed by atoms with Gasteiger partial charge in [0.05, 0.1) is 11.3 Å². The van der Waals surface area contributed by atoms with E-state index in [1.807, 2.05) is 22.7 Å². The van der Waals surface area contributed by atoms with Crippen LogP contribution in [-0.2, 0) is 6.54 Å². The van der Waals surface area contributed by atoms with Crippen LogP contribution < -0.4 is 5.32 Å². The molecule has 0 aromatic carbocycles. The number of hydrogen-bond donors (Lipinski definition) is 1. The van der Waals surface area contributed by atoms with Crippen molar-refractivity contribution in [2.45, 2.75) is 46.2 Å². The Labute approximate surface area is 115 Å². The fourth-order valence-corrected chi connectivity index (χ4v) is 2.48. The van der Waals surface area contributed by atoms with Crippen molar-refractivity contribution in [3.8, 4) is 0 Å². The van der Waals surface area contributed by atoms with Crippen LogP contribution in [0, 0.1) is 0 Å². The quantitative estimate of drug-likeness (QED) is 0.899. The van der Waals surface area contributed by atoms with E-state index in [2.05, 4.69) is 31.2 Å². The van der Waals surface area contributed by atoms with Crippen LogP contribution in [0.15, 0.2) is 6.20 Å². The third kappa shape index (κ3) is 2.97. The molecule has 1 aromatic heterocycles. The summed E-state index contributed by atoms with van der Waals surface area (Å²) in [5.74, 6) is 0.392. The minimum atomic E-state index is 0.122. The summed E-state index contributed by atoms with van der Waals surface area (Å²) in [5, 5.41) is 7.87. The molecule has 1 aliphatic rings. The Morgan fingerprint density at radius 2 is 2.32 bits per heavy atom. The van der Waals surface area contributed by atoms with Gasteiger partial charge < -0.3 is 10.2 Å². The number of hydrogen-bond acceptors (Lipinski definition) is 3. The molecule has 1 aliphatic heterocycles. The van der Waals surface area contributed by atoms with Crippen LogP contribution in [0.1, 0.15) is 49.7 Å². The lowest BCUT2D eigenvalue weighted by atomic mass is 10.0. The van der Waals surface area contributed by atoms with E-state index in [-0.39, 0.29) is 11.8 Å². The summed E-state index contributed by atoms with van der Waals surface area (Å²) in [5.41, 5.74) is 1.68. The molecule has 0 radical (unpaired) electrons. The molecule has 1 atom stereocenters. The molecule has 5 nitrogen and oxygen atoms in total. The third-order valence-electron chi connectivity index (χ3n) is 3.55. The van der Waals surface area contributed by atoms with Crippen molar-refractivity contribution in [1.29, 1.82) is 0 Å². The zero-order valence-corrected chi connectivity index (χ0v) is 12.3. The van der Waals surface area contributed by atoms with Crippen molar-refractivity contribution in [3.63, 3.8) is 0 Å². The molecule has 19 heavy (non-hydrogen) atoms.